The summed E-state index contributed by atoms with van der Waals surface area (Å²) in [5, 5.41) is 0. The van der Waals surface area contributed by atoms with E-state index < -0.39 is 0 Å². The van der Waals surface area contributed by atoms with E-state index in [1.807, 2.05) is 0 Å². The van der Waals surface area contributed by atoms with Crippen LogP contribution < -0.4 is 0 Å². The lowest BCUT2D eigenvalue weighted by atomic mass is 10.1. The molecule has 3 nitrogen and oxygen atoms in total. The van der Waals surface area contributed by atoms with Crippen LogP contribution >= 0.6 is 0 Å². The Morgan fingerprint density at radius 1 is 1.31 bits per heavy atom. The number of benzene rings is 1. The van der Waals surface area contributed by atoms with Gasteiger partial charge in [-0.15, -0.1) is 0 Å². The molecule has 1 aliphatic rings. The molecule has 1 heterocycles. The third-order valence-corrected chi connectivity index (χ3v) is 2.46. The summed E-state index contributed by atoms with van der Waals surface area (Å²) in [7, 11) is 0. The van der Waals surface area contributed by atoms with E-state index in [4.69, 9.17) is 9.47 Å². The average molecular weight is 224 g/mol. The molecule has 2 rings (SSSR count). The number of ketones is 1. The Morgan fingerprint density at radius 2 is 2.06 bits per heavy atom. The number of rotatable bonds is 3. The second-order valence-corrected chi connectivity index (χ2v) is 3.70. The fraction of sp³-hybridized carbons (Fsp3) is 0.417. The van der Waals surface area contributed by atoms with Gasteiger partial charge in [-0.25, -0.2) is 4.39 Å². The largest absolute Gasteiger partial charge is 0.376 e. The average Bonchev–Trinajstić information content (AvgIpc) is 2.31. The quantitative estimate of drug-likeness (QED) is 0.734. The molecule has 86 valence electrons. The second-order valence-electron chi connectivity index (χ2n) is 3.70. The van der Waals surface area contributed by atoms with Crippen LogP contribution in [-0.2, 0) is 9.47 Å². The van der Waals surface area contributed by atoms with Gasteiger partial charge in [0.25, 0.3) is 0 Å². The van der Waals surface area contributed by atoms with Crippen molar-refractivity contribution >= 4 is 5.78 Å². The lowest BCUT2D eigenvalue weighted by Crippen LogP contribution is -2.30. The van der Waals surface area contributed by atoms with Gasteiger partial charge in [0, 0.05) is 12.0 Å². The zero-order valence-electron chi connectivity index (χ0n) is 8.82. The minimum Gasteiger partial charge on any atom is -0.376 e. The van der Waals surface area contributed by atoms with Crippen molar-refractivity contribution in [3.05, 3.63) is 35.6 Å². The van der Waals surface area contributed by atoms with E-state index in [0.717, 1.165) is 0 Å². The highest BCUT2D eigenvalue weighted by Gasteiger charge is 2.18. The van der Waals surface area contributed by atoms with Crippen LogP contribution in [-0.4, -0.2) is 31.7 Å². The molecule has 0 bridgehead atoms. The van der Waals surface area contributed by atoms with E-state index in [1.54, 1.807) is 0 Å². The SMILES string of the molecule is O=C(CC1COCCO1)c1ccc(F)cc1. The molecule has 1 atom stereocenters. The van der Waals surface area contributed by atoms with Gasteiger partial charge in [-0.05, 0) is 24.3 Å². The smallest absolute Gasteiger partial charge is 0.165 e. The Bertz CT molecular complexity index is 355. The van der Waals surface area contributed by atoms with Crippen LogP contribution in [0.15, 0.2) is 24.3 Å². The summed E-state index contributed by atoms with van der Waals surface area (Å²) in [5.74, 6) is -0.385. The Kier molecular flexibility index (Phi) is 3.64. The van der Waals surface area contributed by atoms with Crippen LogP contribution in [0, 0.1) is 5.82 Å². The number of hydrogen-bond donors (Lipinski definition) is 0. The van der Waals surface area contributed by atoms with Gasteiger partial charge in [-0.3, -0.25) is 4.79 Å². The lowest BCUT2D eigenvalue weighted by Gasteiger charge is -2.22. The molecule has 1 saturated heterocycles. The summed E-state index contributed by atoms with van der Waals surface area (Å²) in [4.78, 5) is 11.8. The van der Waals surface area contributed by atoms with E-state index in [1.165, 1.54) is 24.3 Å². The summed E-state index contributed by atoms with van der Waals surface area (Å²) in [5.41, 5.74) is 0.510. The van der Waals surface area contributed by atoms with Gasteiger partial charge >= 0.3 is 0 Å². The number of Topliss-reactive ketones (excluding diaryl/α,β-unsaturated/α-hetero) is 1. The molecule has 1 aromatic rings. The van der Waals surface area contributed by atoms with Crippen LogP contribution in [0.3, 0.4) is 0 Å². The summed E-state index contributed by atoms with van der Waals surface area (Å²) in [6.45, 7) is 1.57. The Hall–Kier alpha value is -1.26. The zero-order chi connectivity index (χ0) is 11.4. The Balaban J connectivity index is 1.94. The van der Waals surface area contributed by atoms with Crippen molar-refractivity contribution in [2.75, 3.05) is 19.8 Å². The molecule has 1 aliphatic heterocycles. The Labute approximate surface area is 93.2 Å². The molecule has 0 aromatic heterocycles. The summed E-state index contributed by atoms with van der Waals surface area (Å²) in [6, 6.07) is 5.54. The molecule has 1 fully saturated rings. The zero-order valence-corrected chi connectivity index (χ0v) is 8.82. The van der Waals surface area contributed by atoms with Crippen molar-refractivity contribution in [3.63, 3.8) is 0 Å². The van der Waals surface area contributed by atoms with Gasteiger partial charge in [-0.1, -0.05) is 0 Å². The van der Waals surface area contributed by atoms with E-state index in [0.29, 0.717) is 25.4 Å². The standard InChI is InChI=1S/C12H13FO3/c13-10-3-1-9(2-4-10)12(14)7-11-8-15-5-6-16-11/h1-4,11H,5-8H2. The van der Waals surface area contributed by atoms with Gasteiger partial charge in [0.15, 0.2) is 5.78 Å². The van der Waals surface area contributed by atoms with Crippen molar-refractivity contribution in [3.8, 4) is 0 Å². The van der Waals surface area contributed by atoms with Gasteiger partial charge < -0.3 is 9.47 Å². The summed E-state index contributed by atoms with van der Waals surface area (Å²) < 4.78 is 23.2. The topological polar surface area (TPSA) is 35.5 Å². The van der Waals surface area contributed by atoms with Crippen LogP contribution in [0.5, 0.6) is 0 Å². The number of carbonyl (C=O) groups excluding carboxylic acids is 1. The van der Waals surface area contributed by atoms with Gasteiger partial charge in [0.05, 0.1) is 25.9 Å². The van der Waals surface area contributed by atoms with Crippen LogP contribution in [0.2, 0.25) is 0 Å². The van der Waals surface area contributed by atoms with Gasteiger partial charge in [0.2, 0.25) is 0 Å². The van der Waals surface area contributed by atoms with Crippen molar-refractivity contribution in [1.82, 2.24) is 0 Å². The molecule has 1 aromatic carbocycles. The molecule has 0 spiro atoms. The van der Waals surface area contributed by atoms with E-state index in [2.05, 4.69) is 0 Å². The van der Waals surface area contributed by atoms with Crippen LogP contribution in [0.25, 0.3) is 0 Å². The summed E-state index contributed by atoms with van der Waals surface area (Å²) in [6.07, 6.45) is 0.109. The van der Waals surface area contributed by atoms with Crippen molar-refractivity contribution < 1.29 is 18.7 Å². The molecule has 0 saturated carbocycles. The first kappa shape index (κ1) is 11.2. The number of ether oxygens (including phenoxy) is 2. The highest BCUT2D eigenvalue weighted by molar-refractivity contribution is 5.96. The fourth-order valence-corrected chi connectivity index (χ4v) is 1.61. The van der Waals surface area contributed by atoms with Gasteiger partial charge in [-0.2, -0.15) is 0 Å². The van der Waals surface area contributed by atoms with E-state index >= 15 is 0 Å². The van der Waals surface area contributed by atoms with Crippen molar-refractivity contribution in [1.29, 1.82) is 0 Å². The van der Waals surface area contributed by atoms with E-state index in [9.17, 15) is 9.18 Å². The number of halogens is 1. The first-order valence-electron chi connectivity index (χ1n) is 5.24. The highest BCUT2D eigenvalue weighted by atomic mass is 19.1. The van der Waals surface area contributed by atoms with E-state index in [-0.39, 0.29) is 24.1 Å². The molecule has 0 N–H and O–H groups in total. The summed E-state index contributed by atoms with van der Waals surface area (Å²) >= 11 is 0. The third-order valence-electron chi connectivity index (χ3n) is 2.46. The van der Waals surface area contributed by atoms with Crippen LogP contribution in [0.1, 0.15) is 16.8 Å². The Morgan fingerprint density at radius 3 is 2.69 bits per heavy atom. The molecular weight excluding hydrogens is 211 g/mol. The first-order chi connectivity index (χ1) is 7.75. The maximum absolute atomic E-state index is 12.7. The maximum Gasteiger partial charge on any atom is 0.165 e. The highest BCUT2D eigenvalue weighted by Crippen LogP contribution is 2.11. The van der Waals surface area contributed by atoms with Gasteiger partial charge in [0.1, 0.15) is 5.82 Å². The predicted octanol–water partition coefficient (Wildman–Crippen LogP) is 1.81. The fourth-order valence-electron chi connectivity index (χ4n) is 1.61. The van der Waals surface area contributed by atoms with Crippen LogP contribution in [0.4, 0.5) is 4.39 Å². The lowest BCUT2D eigenvalue weighted by molar-refractivity contribution is -0.0868. The molecule has 0 amide bonds. The number of carbonyl (C=O) groups is 1. The molecule has 1 unspecified atom stereocenters. The third kappa shape index (κ3) is 2.87. The molecule has 16 heavy (non-hydrogen) atoms. The number of hydrogen-bond acceptors (Lipinski definition) is 3. The molecule has 4 heteroatoms. The first-order valence-corrected chi connectivity index (χ1v) is 5.24. The molecule has 0 radical (unpaired) electrons. The molecule has 0 aliphatic carbocycles. The second kappa shape index (κ2) is 5.18. The van der Waals surface area contributed by atoms with Crippen molar-refractivity contribution in [2.45, 2.75) is 12.5 Å². The minimum atomic E-state index is -0.339. The maximum atomic E-state index is 12.7. The normalized spacial score (nSPS) is 20.7. The monoisotopic (exact) mass is 224 g/mol. The molecular formula is C12H13FO3. The minimum absolute atomic E-state index is 0.0458. The predicted molar refractivity (Wildman–Crippen MR) is 55.9 cm³/mol. The van der Waals surface area contributed by atoms with Crippen molar-refractivity contribution in [2.24, 2.45) is 0 Å².